The minimum Gasteiger partial charge on any atom is -0.493 e. The Morgan fingerprint density at radius 2 is 1.95 bits per heavy atom. The largest absolute Gasteiger partial charge is 0.493 e. The lowest BCUT2D eigenvalue weighted by Crippen LogP contribution is -2.00. The van der Waals surface area contributed by atoms with Crippen molar-refractivity contribution in [1.82, 2.24) is 14.6 Å². The molecule has 3 aromatic rings. The SMILES string of the molecule is O=C(O)c1cnn2c(O)c(-c3ccccc3F)c(O)nc12. The van der Waals surface area contributed by atoms with Crippen molar-refractivity contribution in [2.45, 2.75) is 0 Å². The molecule has 2 aromatic heterocycles. The molecule has 0 bridgehead atoms. The molecule has 21 heavy (non-hydrogen) atoms. The van der Waals surface area contributed by atoms with Gasteiger partial charge in [0, 0.05) is 5.56 Å². The Hall–Kier alpha value is -3.16. The second kappa shape index (κ2) is 4.44. The van der Waals surface area contributed by atoms with Crippen molar-refractivity contribution in [2.24, 2.45) is 0 Å². The standard InChI is InChI=1S/C13H8FN3O4/c14-8-4-2-1-3-6(8)9-11(18)16-10-7(13(20)21)5-15-17(10)12(9)19/h1-5,19H,(H,16,18)(H,20,21). The number of fused-ring (bicyclic) bond motifs is 1. The zero-order valence-electron chi connectivity index (χ0n) is 10.4. The van der Waals surface area contributed by atoms with Crippen LogP contribution in [-0.2, 0) is 0 Å². The molecule has 1 aromatic carbocycles. The molecule has 3 rings (SSSR count). The normalized spacial score (nSPS) is 10.9. The number of aromatic carboxylic acids is 1. The number of hydrogen-bond acceptors (Lipinski definition) is 5. The molecule has 0 radical (unpaired) electrons. The van der Waals surface area contributed by atoms with E-state index in [1.807, 2.05) is 0 Å². The first kappa shape index (κ1) is 12.9. The number of aromatic nitrogens is 3. The average molecular weight is 289 g/mol. The van der Waals surface area contributed by atoms with E-state index in [2.05, 4.69) is 10.1 Å². The Morgan fingerprint density at radius 1 is 1.24 bits per heavy atom. The van der Waals surface area contributed by atoms with Crippen LogP contribution in [0.5, 0.6) is 11.8 Å². The summed E-state index contributed by atoms with van der Waals surface area (Å²) in [6, 6.07) is 5.48. The second-order valence-electron chi connectivity index (χ2n) is 4.21. The summed E-state index contributed by atoms with van der Waals surface area (Å²) in [5.74, 6) is -3.27. The summed E-state index contributed by atoms with van der Waals surface area (Å²) in [7, 11) is 0. The predicted molar refractivity (Wildman–Crippen MR) is 68.7 cm³/mol. The van der Waals surface area contributed by atoms with Crippen molar-refractivity contribution in [3.63, 3.8) is 0 Å². The monoisotopic (exact) mass is 289 g/mol. The molecule has 3 N–H and O–H groups in total. The van der Waals surface area contributed by atoms with Gasteiger partial charge in [-0.25, -0.2) is 9.18 Å². The number of carboxylic acid groups (broad SMARTS) is 1. The third-order valence-corrected chi connectivity index (χ3v) is 2.98. The quantitative estimate of drug-likeness (QED) is 0.662. The van der Waals surface area contributed by atoms with Crippen molar-refractivity contribution in [3.8, 4) is 22.9 Å². The van der Waals surface area contributed by atoms with Crippen molar-refractivity contribution >= 4 is 11.6 Å². The second-order valence-corrected chi connectivity index (χ2v) is 4.21. The van der Waals surface area contributed by atoms with Crippen molar-refractivity contribution in [3.05, 3.63) is 41.8 Å². The van der Waals surface area contributed by atoms with Crippen LogP contribution in [0.1, 0.15) is 10.4 Å². The van der Waals surface area contributed by atoms with Gasteiger partial charge in [-0.05, 0) is 6.07 Å². The lowest BCUT2D eigenvalue weighted by Gasteiger charge is -2.09. The lowest BCUT2D eigenvalue weighted by atomic mass is 10.1. The summed E-state index contributed by atoms with van der Waals surface area (Å²) in [6.07, 6.45) is 0.981. The van der Waals surface area contributed by atoms with Gasteiger partial charge in [-0.1, -0.05) is 18.2 Å². The first-order valence-electron chi connectivity index (χ1n) is 5.78. The number of hydrogen-bond donors (Lipinski definition) is 3. The Labute approximate surface area is 116 Å². The molecular weight excluding hydrogens is 281 g/mol. The van der Waals surface area contributed by atoms with Crippen LogP contribution in [0.2, 0.25) is 0 Å². The van der Waals surface area contributed by atoms with E-state index in [0.29, 0.717) is 0 Å². The van der Waals surface area contributed by atoms with E-state index >= 15 is 0 Å². The maximum absolute atomic E-state index is 13.8. The van der Waals surface area contributed by atoms with E-state index in [4.69, 9.17) is 5.11 Å². The third kappa shape index (κ3) is 1.84. The molecule has 0 unspecified atom stereocenters. The average Bonchev–Trinajstić information content (AvgIpc) is 2.85. The summed E-state index contributed by atoms with van der Waals surface area (Å²) in [4.78, 5) is 14.7. The van der Waals surface area contributed by atoms with E-state index < -0.39 is 23.5 Å². The third-order valence-electron chi connectivity index (χ3n) is 2.98. The molecule has 106 valence electrons. The van der Waals surface area contributed by atoms with Crippen LogP contribution in [0.3, 0.4) is 0 Å². The maximum atomic E-state index is 13.8. The minimum atomic E-state index is -1.31. The molecule has 0 aliphatic carbocycles. The van der Waals surface area contributed by atoms with Gasteiger partial charge in [0.25, 0.3) is 0 Å². The van der Waals surface area contributed by atoms with E-state index in [1.54, 1.807) is 0 Å². The Kier molecular flexibility index (Phi) is 2.72. The van der Waals surface area contributed by atoms with Gasteiger partial charge in [0.1, 0.15) is 16.9 Å². The molecule has 7 nitrogen and oxygen atoms in total. The van der Waals surface area contributed by atoms with Crippen LogP contribution in [-0.4, -0.2) is 35.9 Å². The number of halogens is 1. The first-order chi connectivity index (χ1) is 10.0. The van der Waals surface area contributed by atoms with Gasteiger partial charge in [0.05, 0.1) is 6.20 Å². The molecule has 0 aliphatic heterocycles. The molecule has 0 saturated carbocycles. The van der Waals surface area contributed by atoms with Crippen molar-refractivity contribution < 1.29 is 24.5 Å². The minimum absolute atomic E-state index is 0.0747. The first-order valence-corrected chi connectivity index (χ1v) is 5.78. The summed E-state index contributed by atoms with van der Waals surface area (Å²) in [6.45, 7) is 0. The van der Waals surface area contributed by atoms with Gasteiger partial charge in [-0.2, -0.15) is 14.6 Å². The summed E-state index contributed by atoms with van der Waals surface area (Å²) < 4.78 is 14.6. The molecule has 0 spiro atoms. The Balaban J connectivity index is 2.36. The van der Waals surface area contributed by atoms with Crippen LogP contribution in [0.25, 0.3) is 16.8 Å². The molecule has 0 fully saturated rings. The zero-order valence-corrected chi connectivity index (χ0v) is 10.4. The van der Waals surface area contributed by atoms with Crippen LogP contribution in [0.15, 0.2) is 30.5 Å². The topological polar surface area (TPSA) is 108 Å². The summed E-state index contributed by atoms with van der Waals surface area (Å²) >= 11 is 0. The predicted octanol–water partition coefficient (Wildman–Crippen LogP) is 1.64. The summed E-state index contributed by atoms with van der Waals surface area (Å²) in [5, 5.41) is 32.7. The van der Waals surface area contributed by atoms with Gasteiger partial charge < -0.3 is 15.3 Å². The van der Waals surface area contributed by atoms with Gasteiger partial charge in [0.2, 0.25) is 11.8 Å². The van der Waals surface area contributed by atoms with Crippen LogP contribution in [0.4, 0.5) is 4.39 Å². The van der Waals surface area contributed by atoms with Gasteiger partial charge in [0.15, 0.2) is 5.65 Å². The molecule has 0 saturated heterocycles. The number of benzene rings is 1. The van der Waals surface area contributed by atoms with Crippen LogP contribution < -0.4 is 0 Å². The molecule has 0 amide bonds. The Morgan fingerprint density at radius 3 is 2.62 bits per heavy atom. The fourth-order valence-electron chi connectivity index (χ4n) is 2.02. The highest BCUT2D eigenvalue weighted by molar-refractivity contribution is 5.94. The smallest absolute Gasteiger partial charge is 0.341 e. The van der Waals surface area contributed by atoms with E-state index in [1.165, 1.54) is 18.2 Å². The van der Waals surface area contributed by atoms with E-state index in [9.17, 15) is 19.4 Å². The van der Waals surface area contributed by atoms with Crippen LogP contribution in [0, 0.1) is 5.82 Å². The Bertz CT molecular complexity index is 875. The van der Waals surface area contributed by atoms with Gasteiger partial charge >= 0.3 is 5.97 Å². The van der Waals surface area contributed by atoms with Crippen LogP contribution >= 0.6 is 0 Å². The number of carbonyl (C=O) groups is 1. The number of rotatable bonds is 2. The highest BCUT2D eigenvalue weighted by atomic mass is 19.1. The van der Waals surface area contributed by atoms with Crippen molar-refractivity contribution in [2.75, 3.05) is 0 Å². The number of aromatic hydroxyl groups is 2. The summed E-state index contributed by atoms with van der Waals surface area (Å²) in [5.41, 5.74) is -0.867. The van der Waals surface area contributed by atoms with Gasteiger partial charge in [-0.3, -0.25) is 0 Å². The molecular formula is C13H8FN3O4. The van der Waals surface area contributed by atoms with Gasteiger partial charge in [-0.15, -0.1) is 0 Å². The molecule has 0 atom stereocenters. The fourth-order valence-corrected chi connectivity index (χ4v) is 2.02. The highest BCUT2D eigenvalue weighted by Gasteiger charge is 2.23. The number of carboxylic acids is 1. The number of nitrogens with zero attached hydrogens (tertiary/aromatic N) is 3. The maximum Gasteiger partial charge on any atom is 0.341 e. The zero-order chi connectivity index (χ0) is 15.1. The van der Waals surface area contributed by atoms with E-state index in [-0.39, 0.29) is 22.3 Å². The molecule has 0 aliphatic rings. The molecule has 2 heterocycles. The van der Waals surface area contributed by atoms with Crippen molar-refractivity contribution in [1.29, 1.82) is 0 Å². The lowest BCUT2D eigenvalue weighted by molar-refractivity contribution is 0.0699. The highest BCUT2D eigenvalue weighted by Crippen LogP contribution is 2.37. The fraction of sp³-hybridized carbons (Fsp3) is 0. The molecule has 8 heteroatoms. The van der Waals surface area contributed by atoms with E-state index in [0.717, 1.165) is 16.8 Å².